The van der Waals surface area contributed by atoms with Gasteiger partial charge in [0.25, 0.3) is 0 Å². The van der Waals surface area contributed by atoms with Crippen LogP contribution >= 0.6 is 11.3 Å². The van der Waals surface area contributed by atoms with Gasteiger partial charge < -0.3 is 5.32 Å². The Balaban J connectivity index is 1.82. The summed E-state index contributed by atoms with van der Waals surface area (Å²) in [5.74, 6) is 0. The van der Waals surface area contributed by atoms with Crippen LogP contribution in [0.5, 0.6) is 0 Å². The monoisotopic (exact) mass is 350 g/mol. The number of rotatable bonds is 3. The van der Waals surface area contributed by atoms with Gasteiger partial charge in [0.1, 0.15) is 0 Å². The van der Waals surface area contributed by atoms with Gasteiger partial charge in [-0.15, -0.1) is 11.3 Å². The summed E-state index contributed by atoms with van der Waals surface area (Å²) in [5.41, 5.74) is 4.20. The van der Waals surface area contributed by atoms with E-state index in [1.54, 1.807) is 0 Å². The molecule has 2 heterocycles. The molecule has 1 aliphatic rings. The Morgan fingerprint density at radius 2 is 1.88 bits per heavy atom. The number of fused-ring (bicyclic) bond motifs is 1. The third-order valence-corrected chi connectivity index (χ3v) is 6.34. The number of nitrogens with one attached hydrogen (secondary N) is 1. The Hall–Kier alpha value is -1.68. The lowest BCUT2D eigenvalue weighted by molar-refractivity contribution is 0.243. The minimum Gasteiger partial charge on any atom is -0.315 e. The quantitative estimate of drug-likeness (QED) is 0.722. The molecule has 0 amide bonds. The van der Waals surface area contributed by atoms with Crippen LogP contribution < -0.4 is 5.32 Å². The maximum Gasteiger partial charge on any atom is 0.0699 e. The largest absolute Gasteiger partial charge is 0.315 e. The second kappa shape index (κ2) is 7.28. The van der Waals surface area contributed by atoms with Gasteiger partial charge in [-0.1, -0.05) is 42.0 Å². The summed E-state index contributed by atoms with van der Waals surface area (Å²) in [7, 11) is 0. The van der Waals surface area contributed by atoms with Crippen LogP contribution in [0.4, 0.5) is 0 Å². The summed E-state index contributed by atoms with van der Waals surface area (Å²) in [6.45, 7) is 8.90. The van der Waals surface area contributed by atoms with E-state index >= 15 is 0 Å². The Morgan fingerprint density at radius 1 is 1.00 bits per heavy atom. The molecule has 130 valence electrons. The number of thiophene rings is 1. The van der Waals surface area contributed by atoms with Gasteiger partial charge in [-0.3, -0.25) is 4.90 Å². The lowest BCUT2D eigenvalue weighted by Crippen LogP contribution is -2.33. The molecule has 0 aliphatic carbocycles. The maximum atomic E-state index is 3.55. The zero-order valence-electron chi connectivity index (χ0n) is 15.1. The average molecular weight is 351 g/mol. The first-order valence-corrected chi connectivity index (χ1v) is 10.0. The first-order valence-electron chi connectivity index (χ1n) is 9.23. The highest BCUT2D eigenvalue weighted by atomic mass is 32.1. The van der Waals surface area contributed by atoms with Crippen molar-refractivity contribution in [3.05, 3.63) is 70.1 Å². The van der Waals surface area contributed by atoms with E-state index in [9.17, 15) is 0 Å². The molecule has 3 aromatic rings. The van der Waals surface area contributed by atoms with E-state index in [-0.39, 0.29) is 0 Å². The first kappa shape index (κ1) is 16.8. The fourth-order valence-electron chi connectivity index (χ4n) is 3.92. The molecular weight excluding hydrogens is 324 g/mol. The predicted octanol–water partition coefficient (Wildman–Crippen LogP) is 4.90. The second-order valence-electron chi connectivity index (χ2n) is 7.09. The summed E-state index contributed by atoms with van der Waals surface area (Å²) < 4.78 is 1.39. The third-order valence-electron chi connectivity index (χ3n) is 5.17. The highest BCUT2D eigenvalue weighted by Gasteiger charge is 2.26. The van der Waals surface area contributed by atoms with E-state index in [2.05, 4.69) is 72.6 Å². The molecule has 25 heavy (non-hydrogen) atoms. The van der Waals surface area contributed by atoms with Gasteiger partial charge in [-0.2, -0.15) is 0 Å². The lowest BCUT2D eigenvalue weighted by Gasteiger charge is -2.31. The molecule has 1 aromatic heterocycles. The molecule has 0 spiro atoms. The molecule has 2 nitrogen and oxygen atoms in total. The van der Waals surface area contributed by atoms with Crippen LogP contribution in [0.1, 0.15) is 34.0 Å². The second-order valence-corrected chi connectivity index (χ2v) is 8.20. The van der Waals surface area contributed by atoms with Crippen LogP contribution in [-0.2, 0) is 0 Å². The molecule has 1 fully saturated rings. The topological polar surface area (TPSA) is 15.3 Å². The summed E-state index contributed by atoms with van der Waals surface area (Å²) in [6.07, 6.45) is 1.21. The van der Waals surface area contributed by atoms with Gasteiger partial charge in [-0.05, 0) is 55.5 Å². The zero-order valence-corrected chi connectivity index (χ0v) is 15.9. The third kappa shape index (κ3) is 3.50. The minimum absolute atomic E-state index is 0.359. The van der Waals surface area contributed by atoms with Gasteiger partial charge in [0.2, 0.25) is 0 Å². The fourth-order valence-corrected chi connectivity index (χ4v) is 5.14. The van der Waals surface area contributed by atoms with Crippen molar-refractivity contribution in [1.29, 1.82) is 0 Å². The Bertz CT molecular complexity index is 826. The molecular formula is C22H26N2S. The van der Waals surface area contributed by atoms with E-state index in [4.69, 9.17) is 0 Å². The molecule has 3 heteroatoms. The van der Waals surface area contributed by atoms with Crippen LogP contribution in [0.2, 0.25) is 0 Å². The SMILES string of the molecule is Cc1ccc(C(c2cc3ccccc3s2)N2CCCNCC2)c(C)c1. The zero-order chi connectivity index (χ0) is 17.2. The Kier molecular flexibility index (Phi) is 4.89. The number of aryl methyl sites for hydroxylation is 2. The molecule has 4 rings (SSSR count). The van der Waals surface area contributed by atoms with E-state index in [0.717, 1.165) is 26.2 Å². The van der Waals surface area contributed by atoms with Gasteiger partial charge in [0.15, 0.2) is 0 Å². The molecule has 1 unspecified atom stereocenters. The van der Waals surface area contributed by atoms with E-state index in [0.29, 0.717) is 6.04 Å². The van der Waals surface area contributed by atoms with Crippen molar-refractivity contribution in [2.75, 3.05) is 26.2 Å². The molecule has 0 saturated carbocycles. The van der Waals surface area contributed by atoms with Crippen LogP contribution in [0.3, 0.4) is 0 Å². The van der Waals surface area contributed by atoms with Crippen molar-refractivity contribution in [2.24, 2.45) is 0 Å². The normalized spacial score (nSPS) is 17.5. The first-order chi connectivity index (χ1) is 12.2. The molecule has 1 aliphatic heterocycles. The number of hydrogen-bond acceptors (Lipinski definition) is 3. The molecule has 1 atom stereocenters. The van der Waals surface area contributed by atoms with Crippen LogP contribution in [0.15, 0.2) is 48.5 Å². The van der Waals surface area contributed by atoms with Gasteiger partial charge in [0.05, 0.1) is 6.04 Å². The van der Waals surface area contributed by atoms with Crippen molar-refractivity contribution in [3.63, 3.8) is 0 Å². The van der Waals surface area contributed by atoms with Gasteiger partial charge in [-0.25, -0.2) is 0 Å². The van der Waals surface area contributed by atoms with E-state index in [1.807, 2.05) is 11.3 Å². The number of benzene rings is 2. The highest BCUT2D eigenvalue weighted by molar-refractivity contribution is 7.19. The molecule has 1 saturated heterocycles. The van der Waals surface area contributed by atoms with Crippen molar-refractivity contribution in [3.8, 4) is 0 Å². The van der Waals surface area contributed by atoms with Crippen molar-refractivity contribution in [1.82, 2.24) is 10.2 Å². The summed E-state index contributed by atoms with van der Waals surface area (Å²) in [6, 6.07) is 18.5. The Morgan fingerprint density at radius 3 is 2.72 bits per heavy atom. The summed E-state index contributed by atoms with van der Waals surface area (Å²) >= 11 is 1.95. The maximum absolute atomic E-state index is 3.55. The summed E-state index contributed by atoms with van der Waals surface area (Å²) in [4.78, 5) is 4.14. The van der Waals surface area contributed by atoms with Crippen LogP contribution in [-0.4, -0.2) is 31.1 Å². The standard InChI is InChI=1S/C22H26N2S/c1-16-8-9-19(17(2)14-16)22(24-12-5-10-23-11-13-24)21-15-18-6-3-4-7-20(18)25-21/h3-4,6-9,14-15,22-23H,5,10-13H2,1-2H3. The number of nitrogens with zero attached hydrogens (tertiary/aromatic N) is 1. The highest BCUT2D eigenvalue weighted by Crippen LogP contribution is 2.38. The summed E-state index contributed by atoms with van der Waals surface area (Å²) in [5, 5.41) is 4.91. The Labute approximate surface area is 154 Å². The van der Waals surface area contributed by atoms with Gasteiger partial charge >= 0.3 is 0 Å². The fraction of sp³-hybridized carbons (Fsp3) is 0.364. The molecule has 1 N–H and O–H groups in total. The van der Waals surface area contributed by atoms with Crippen LogP contribution in [0, 0.1) is 13.8 Å². The number of hydrogen-bond donors (Lipinski definition) is 1. The average Bonchev–Trinajstić information content (AvgIpc) is 2.84. The van der Waals surface area contributed by atoms with Crippen molar-refractivity contribution in [2.45, 2.75) is 26.3 Å². The molecule has 0 radical (unpaired) electrons. The van der Waals surface area contributed by atoms with E-state index < -0.39 is 0 Å². The smallest absolute Gasteiger partial charge is 0.0699 e. The minimum atomic E-state index is 0.359. The van der Waals surface area contributed by atoms with Crippen LogP contribution in [0.25, 0.3) is 10.1 Å². The van der Waals surface area contributed by atoms with Crippen molar-refractivity contribution >= 4 is 21.4 Å². The lowest BCUT2D eigenvalue weighted by atomic mass is 9.96. The molecule has 2 aromatic carbocycles. The van der Waals surface area contributed by atoms with E-state index in [1.165, 1.54) is 38.1 Å². The van der Waals surface area contributed by atoms with Crippen molar-refractivity contribution < 1.29 is 0 Å². The van der Waals surface area contributed by atoms with Gasteiger partial charge in [0, 0.05) is 29.2 Å². The molecule has 0 bridgehead atoms. The predicted molar refractivity (Wildman–Crippen MR) is 109 cm³/mol.